The first-order chi connectivity index (χ1) is 6.63. The van der Waals surface area contributed by atoms with Crippen LogP contribution in [0.2, 0.25) is 0 Å². The van der Waals surface area contributed by atoms with Crippen LogP contribution >= 0.6 is 22.6 Å². The van der Waals surface area contributed by atoms with E-state index in [0.29, 0.717) is 12.0 Å². The van der Waals surface area contributed by atoms with Gasteiger partial charge in [0.25, 0.3) is 0 Å². The Morgan fingerprint density at radius 1 is 1.50 bits per heavy atom. The number of rotatable bonds is 3. The molecule has 14 heavy (non-hydrogen) atoms. The molecule has 0 saturated heterocycles. The van der Waals surface area contributed by atoms with Gasteiger partial charge in [0.1, 0.15) is 0 Å². The molecule has 4 heteroatoms. The Bertz CT molecular complexity index is 367. The van der Waals surface area contributed by atoms with Gasteiger partial charge in [-0.25, -0.2) is 0 Å². The van der Waals surface area contributed by atoms with Gasteiger partial charge in [0.2, 0.25) is 3.79 Å². The Morgan fingerprint density at radius 2 is 2.07 bits per heavy atom. The van der Waals surface area contributed by atoms with Gasteiger partial charge < -0.3 is 5.73 Å². The van der Waals surface area contributed by atoms with Crippen molar-refractivity contribution in [3.05, 3.63) is 35.4 Å². The van der Waals surface area contributed by atoms with E-state index in [4.69, 9.17) is 11.0 Å². The fourth-order valence-corrected chi connectivity index (χ4v) is 1.27. The van der Waals surface area contributed by atoms with Crippen LogP contribution < -0.4 is 5.73 Å². The number of nitrogens with two attached hydrogens (primary N) is 1. The first-order valence-corrected chi connectivity index (χ1v) is 5.15. The molecule has 0 aromatic heterocycles. The van der Waals surface area contributed by atoms with Crippen molar-refractivity contribution in [3.63, 3.8) is 0 Å². The summed E-state index contributed by atoms with van der Waals surface area (Å²) < 4.78 is -0.0491. The average molecular weight is 300 g/mol. The third-order valence-corrected chi connectivity index (χ3v) is 2.63. The molecule has 1 aromatic carbocycles. The summed E-state index contributed by atoms with van der Waals surface area (Å²) in [4.78, 5) is 10.9. The Kier molecular flexibility index (Phi) is 4.04. The number of halogens is 1. The molecule has 0 spiro atoms. The first-order valence-electron chi connectivity index (χ1n) is 4.07. The van der Waals surface area contributed by atoms with Crippen molar-refractivity contribution in [2.75, 3.05) is 0 Å². The third kappa shape index (κ3) is 3.09. The fourth-order valence-electron chi connectivity index (χ4n) is 1.05. The van der Waals surface area contributed by atoms with Crippen LogP contribution in [0.15, 0.2) is 24.3 Å². The van der Waals surface area contributed by atoms with E-state index >= 15 is 0 Å². The van der Waals surface area contributed by atoms with Gasteiger partial charge in [-0.1, -0.05) is 12.1 Å². The predicted octanol–water partition coefficient (Wildman–Crippen LogP) is 1.39. The summed E-state index contributed by atoms with van der Waals surface area (Å²) in [5.41, 5.74) is 7.18. The zero-order valence-electron chi connectivity index (χ0n) is 7.40. The Hall–Kier alpha value is -0.930. The second-order valence-electron chi connectivity index (χ2n) is 2.92. The number of nitrogens with zero attached hydrogens (tertiary/aromatic N) is 1. The second kappa shape index (κ2) is 5.08. The van der Waals surface area contributed by atoms with Gasteiger partial charge in [-0.05, 0) is 24.1 Å². The van der Waals surface area contributed by atoms with Crippen LogP contribution in [-0.4, -0.2) is 9.83 Å². The van der Waals surface area contributed by atoms with Gasteiger partial charge in [0.05, 0.1) is 17.7 Å². The van der Waals surface area contributed by atoms with Crippen molar-refractivity contribution in [1.82, 2.24) is 0 Å². The molecule has 2 N–H and O–H groups in total. The summed E-state index contributed by atoms with van der Waals surface area (Å²) >= 11 is 1.69. The quantitative estimate of drug-likeness (QED) is 0.677. The van der Waals surface area contributed by atoms with E-state index in [-0.39, 0.29) is 3.79 Å². The van der Waals surface area contributed by atoms with Gasteiger partial charge in [-0.3, -0.25) is 4.79 Å². The smallest absolute Gasteiger partial charge is 0.209 e. The zero-order chi connectivity index (χ0) is 10.6. The predicted molar refractivity (Wildman–Crippen MR) is 61.9 cm³/mol. The van der Waals surface area contributed by atoms with Crippen LogP contribution in [0.4, 0.5) is 0 Å². The van der Waals surface area contributed by atoms with Crippen LogP contribution in [0, 0.1) is 11.3 Å². The van der Waals surface area contributed by atoms with Crippen molar-refractivity contribution >= 4 is 26.4 Å². The normalized spacial score (nSPS) is 11.8. The van der Waals surface area contributed by atoms with Gasteiger partial charge in [-0.2, -0.15) is 5.26 Å². The van der Waals surface area contributed by atoms with Crippen LogP contribution in [0.1, 0.15) is 11.1 Å². The number of carbonyl (C=O) groups excluding carboxylic acids is 1. The van der Waals surface area contributed by atoms with Crippen LogP contribution in [-0.2, 0) is 11.2 Å². The Morgan fingerprint density at radius 3 is 2.50 bits per heavy atom. The molecule has 1 atom stereocenters. The summed E-state index contributed by atoms with van der Waals surface area (Å²) in [5.74, 6) is 0. The lowest BCUT2D eigenvalue weighted by Gasteiger charge is -2.05. The molecule has 0 aliphatic heterocycles. The summed E-state index contributed by atoms with van der Waals surface area (Å²) in [7, 11) is 0. The highest BCUT2D eigenvalue weighted by atomic mass is 127. The maximum atomic E-state index is 10.9. The molecule has 1 aromatic rings. The highest BCUT2D eigenvalue weighted by molar-refractivity contribution is 14.1. The van der Waals surface area contributed by atoms with E-state index in [1.807, 2.05) is 18.2 Å². The third-order valence-electron chi connectivity index (χ3n) is 1.83. The fraction of sp³-hybridized carbons (Fsp3) is 0.200. The maximum Gasteiger partial charge on any atom is 0.209 e. The van der Waals surface area contributed by atoms with Crippen molar-refractivity contribution in [2.24, 2.45) is 5.73 Å². The minimum atomic E-state index is -0.455. The first kappa shape index (κ1) is 11.1. The molecular formula is C10H9IN2O. The van der Waals surface area contributed by atoms with Crippen molar-refractivity contribution < 1.29 is 4.79 Å². The van der Waals surface area contributed by atoms with Crippen molar-refractivity contribution in [1.29, 1.82) is 5.26 Å². The van der Waals surface area contributed by atoms with Crippen LogP contribution in [0.25, 0.3) is 0 Å². The number of hydrogen-bond acceptors (Lipinski definition) is 3. The number of benzene rings is 1. The molecule has 0 aliphatic carbocycles. The van der Waals surface area contributed by atoms with E-state index in [2.05, 4.69) is 0 Å². The molecule has 0 radical (unpaired) electrons. The SMILES string of the molecule is N#Cc1ccc(C[C@@H](N)C(=O)I)cc1. The molecule has 1 rings (SSSR count). The van der Waals surface area contributed by atoms with E-state index < -0.39 is 6.04 Å². The number of hydrogen-bond donors (Lipinski definition) is 1. The van der Waals surface area contributed by atoms with E-state index in [9.17, 15) is 4.79 Å². The van der Waals surface area contributed by atoms with Crippen LogP contribution in [0.3, 0.4) is 0 Å². The molecule has 0 heterocycles. The van der Waals surface area contributed by atoms with Crippen molar-refractivity contribution in [2.45, 2.75) is 12.5 Å². The topological polar surface area (TPSA) is 66.9 Å². The molecule has 72 valence electrons. The largest absolute Gasteiger partial charge is 0.321 e. The molecule has 0 bridgehead atoms. The van der Waals surface area contributed by atoms with Crippen molar-refractivity contribution in [3.8, 4) is 6.07 Å². The van der Waals surface area contributed by atoms with E-state index in [1.165, 1.54) is 0 Å². The Labute approximate surface area is 96.0 Å². The minimum absolute atomic E-state index is 0.0491. The zero-order valence-corrected chi connectivity index (χ0v) is 9.56. The molecule has 0 unspecified atom stereocenters. The molecule has 0 saturated carbocycles. The van der Waals surface area contributed by atoms with Gasteiger partial charge in [0.15, 0.2) is 0 Å². The average Bonchev–Trinajstić information content (AvgIpc) is 2.19. The van der Waals surface area contributed by atoms with Gasteiger partial charge in [-0.15, -0.1) is 0 Å². The lowest BCUT2D eigenvalue weighted by atomic mass is 10.1. The summed E-state index contributed by atoms with van der Waals surface area (Å²) in [6.07, 6.45) is 0.521. The summed E-state index contributed by atoms with van der Waals surface area (Å²) in [5, 5.41) is 8.57. The number of nitriles is 1. The highest BCUT2D eigenvalue weighted by Crippen LogP contribution is 2.07. The van der Waals surface area contributed by atoms with Gasteiger partial charge >= 0.3 is 0 Å². The van der Waals surface area contributed by atoms with E-state index in [0.717, 1.165) is 5.56 Å². The maximum absolute atomic E-state index is 10.9. The monoisotopic (exact) mass is 300 g/mol. The summed E-state index contributed by atoms with van der Waals surface area (Å²) in [6.45, 7) is 0. The molecule has 3 nitrogen and oxygen atoms in total. The second-order valence-corrected chi connectivity index (χ2v) is 3.99. The lowest BCUT2D eigenvalue weighted by Crippen LogP contribution is -2.28. The van der Waals surface area contributed by atoms with Gasteiger partial charge in [0, 0.05) is 22.6 Å². The number of carbonyl (C=O) groups is 1. The van der Waals surface area contributed by atoms with Crippen LogP contribution in [0.5, 0.6) is 0 Å². The molecule has 0 fully saturated rings. The molecule has 0 amide bonds. The lowest BCUT2D eigenvalue weighted by molar-refractivity contribution is -0.110. The highest BCUT2D eigenvalue weighted by Gasteiger charge is 2.09. The minimum Gasteiger partial charge on any atom is -0.321 e. The standard InChI is InChI=1S/C10H9IN2O/c11-10(14)9(13)5-7-1-3-8(6-12)4-2-7/h1-4,9H,5,13H2/t9-/m1/s1. The van der Waals surface area contributed by atoms with E-state index in [1.54, 1.807) is 34.7 Å². The summed E-state index contributed by atoms with van der Waals surface area (Å²) in [6, 6.07) is 8.65. The molecular weight excluding hydrogens is 291 g/mol. The molecule has 0 aliphatic rings. The Balaban J connectivity index is 2.70.